The predicted molar refractivity (Wildman–Crippen MR) is 117 cm³/mol. The van der Waals surface area contributed by atoms with Gasteiger partial charge in [0.25, 0.3) is 0 Å². The second-order valence-corrected chi connectivity index (χ2v) is 6.67. The van der Waals surface area contributed by atoms with E-state index in [9.17, 15) is 0 Å². The fraction of sp³-hybridized carbons (Fsp3) is 0.565. The summed E-state index contributed by atoms with van der Waals surface area (Å²) in [6.07, 6.45) is 7.21. The minimum atomic E-state index is 0.406. The van der Waals surface area contributed by atoms with Gasteiger partial charge in [0.1, 0.15) is 0 Å². The Kier molecular flexibility index (Phi) is 13.9. The zero-order valence-electron chi connectivity index (χ0n) is 18.2. The highest BCUT2D eigenvalue weighted by Crippen LogP contribution is 2.16. The lowest BCUT2D eigenvalue weighted by Crippen LogP contribution is -2.30. The third-order valence-corrected chi connectivity index (χ3v) is 4.57. The van der Waals surface area contributed by atoms with Crippen molar-refractivity contribution in [1.82, 2.24) is 9.80 Å². The van der Waals surface area contributed by atoms with E-state index in [1.165, 1.54) is 16.8 Å². The SMILES string of the molecule is C=C(C)C(CC)N(C)C(=C)/C=C/C.C=C(C)C(CC)N(C)C(=C)CC. The molecular weight excluding hydrogens is 304 g/mol. The third kappa shape index (κ3) is 9.38. The Bertz CT molecular complexity index is 470. The van der Waals surface area contributed by atoms with Crippen molar-refractivity contribution in [1.29, 1.82) is 0 Å². The minimum Gasteiger partial charge on any atom is -0.372 e. The Hall–Kier alpha value is -1.70. The molecule has 0 radical (unpaired) electrons. The van der Waals surface area contributed by atoms with Crippen LogP contribution in [0.4, 0.5) is 0 Å². The van der Waals surface area contributed by atoms with E-state index in [2.05, 4.69) is 84.8 Å². The molecule has 144 valence electrons. The van der Waals surface area contributed by atoms with E-state index in [1.807, 2.05) is 19.1 Å². The fourth-order valence-corrected chi connectivity index (χ4v) is 2.89. The van der Waals surface area contributed by atoms with Crippen LogP contribution in [0.3, 0.4) is 0 Å². The van der Waals surface area contributed by atoms with Crippen molar-refractivity contribution in [3.8, 4) is 0 Å². The number of hydrogen-bond acceptors (Lipinski definition) is 2. The molecule has 2 atom stereocenters. The van der Waals surface area contributed by atoms with Crippen molar-refractivity contribution >= 4 is 0 Å². The van der Waals surface area contributed by atoms with Crippen LogP contribution in [0.1, 0.15) is 60.8 Å². The molecule has 0 aromatic carbocycles. The lowest BCUT2D eigenvalue weighted by Gasteiger charge is -2.30. The van der Waals surface area contributed by atoms with Gasteiger partial charge in [0.15, 0.2) is 0 Å². The zero-order chi connectivity index (χ0) is 20.2. The summed E-state index contributed by atoms with van der Waals surface area (Å²) in [6, 6.07) is 0.862. The molecule has 0 aliphatic heterocycles. The molecule has 2 heteroatoms. The standard InChI is InChI=1S/C12H21N.C11H21N/c1-7-9-11(5)13(6)12(8-2)10(3)4;1-7-10(5)12(6)11(8-2)9(3)4/h7,9,12H,3,5,8H2,1-2,4,6H3;11H,3,5,7-8H2,1-2,4,6H3/b9-7+;. The number of hydrogen-bond donors (Lipinski definition) is 0. The van der Waals surface area contributed by atoms with Crippen molar-refractivity contribution in [3.05, 3.63) is 61.0 Å². The Balaban J connectivity index is 0. The first-order valence-corrected chi connectivity index (χ1v) is 9.34. The average molecular weight is 347 g/mol. The maximum Gasteiger partial charge on any atom is 0.0490 e. The molecule has 25 heavy (non-hydrogen) atoms. The van der Waals surface area contributed by atoms with Crippen LogP contribution < -0.4 is 0 Å². The monoisotopic (exact) mass is 346 g/mol. The molecule has 2 nitrogen and oxygen atoms in total. The lowest BCUT2D eigenvalue weighted by molar-refractivity contribution is 0.325. The van der Waals surface area contributed by atoms with E-state index in [1.54, 1.807) is 0 Å². The molecule has 0 bridgehead atoms. The minimum absolute atomic E-state index is 0.406. The van der Waals surface area contributed by atoms with Gasteiger partial charge in [0.2, 0.25) is 0 Å². The highest BCUT2D eigenvalue weighted by molar-refractivity contribution is 5.16. The maximum atomic E-state index is 4.01. The van der Waals surface area contributed by atoms with Crippen LogP contribution in [-0.4, -0.2) is 36.0 Å². The number of nitrogens with zero attached hydrogens (tertiary/aromatic N) is 2. The second-order valence-electron chi connectivity index (χ2n) is 6.67. The molecular formula is C23H42N2. The van der Waals surface area contributed by atoms with Crippen molar-refractivity contribution < 1.29 is 0 Å². The van der Waals surface area contributed by atoms with E-state index in [0.717, 1.165) is 25.0 Å². The van der Waals surface area contributed by atoms with Crippen LogP contribution in [0.25, 0.3) is 0 Å². The number of likely N-dealkylation sites (N-methyl/N-ethyl adjacent to an activating group) is 2. The average Bonchev–Trinajstić information content (AvgIpc) is 2.55. The van der Waals surface area contributed by atoms with Gasteiger partial charge in [-0.2, -0.15) is 0 Å². The van der Waals surface area contributed by atoms with Gasteiger partial charge < -0.3 is 9.80 Å². The quantitative estimate of drug-likeness (QED) is 0.326. The first-order chi connectivity index (χ1) is 11.6. The van der Waals surface area contributed by atoms with E-state index < -0.39 is 0 Å². The van der Waals surface area contributed by atoms with Crippen LogP contribution in [0.15, 0.2) is 61.0 Å². The predicted octanol–water partition coefficient (Wildman–Crippen LogP) is 6.56. The summed E-state index contributed by atoms with van der Waals surface area (Å²) in [5.74, 6) is 0. The molecule has 0 aliphatic rings. The Labute approximate surface area is 158 Å². The fourth-order valence-electron chi connectivity index (χ4n) is 2.89. The third-order valence-electron chi connectivity index (χ3n) is 4.57. The summed E-state index contributed by atoms with van der Waals surface area (Å²) in [5, 5.41) is 0. The van der Waals surface area contributed by atoms with Gasteiger partial charge in [0.05, 0.1) is 0 Å². The summed E-state index contributed by atoms with van der Waals surface area (Å²) in [6.45, 7) is 28.6. The van der Waals surface area contributed by atoms with Crippen LogP contribution in [-0.2, 0) is 0 Å². The van der Waals surface area contributed by atoms with E-state index in [-0.39, 0.29) is 0 Å². The first kappa shape index (κ1) is 25.5. The van der Waals surface area contributed by atoms with Crippen molar-refractivity contribution in [2.45, 2.75) is 72.9 Å². The molecule has 0 amide bonds. The highest BCUT2D eigenvalue weighted by atomic mass is 15.1. The summed E-state index contributed by atoms with van der Waals surface area (Å²) >= 11 is 0. The van der Waals surface area contributed by atoms with Crippen molar-refractivity contribution in [3.63, 3.8) is 0 Å². The van der Waals surface area contributed by atoms with E-state index >= 15 is 0 Å². The van der Waals surface area contributed by atoms with Gasteiger partial charge in [-0.3, -0.25) is 0 Å². The second kappa shape index (κ2) is 13.6. The molecule has 0 saturated heterocycles. The lowest BCUT2D eigenvalue weighted by atomic mass is 10.1. The van der Waals surface area contributed by atoms with E-state index in [4.69, 9.17) is 0 Å². The Morgan fingerprint density at radius 3 is 1.52 bits per heavy atom. The first-order valence-electron chi connectivity index (χ1n) is 9.34. The smallest absolute Gasteiger partial charge is 0.0490 e. The van der Waals surface area contributed by atoms with Gasteiger partial charge in [-0.05, 0) is 46.1 Å². The van der Waals surface area contributed by atoms with Crippen LogP contribution >= 0.6 is 0 Å². The molecule has 0 heterocycles. The van der Waals surface area contributed by atoms with Crippen LogP contribution in [0.2, 0.25) is 0 Å². The molecule has 0 aromatic rings. The summed E-state index contributed by atoms with van der Waals surface area (Å²) in [5.41, 5.74) is 4.63. The zero-order valence-corrected chi connectivity index (χ0v) is 18.2. The molecule has 0 fully saturated rings. The summed E-state index contributed by atoms with van der Waals surface area (Å²) < 4.78 is 0. The molecule has 0 N–H and O–H groups in total. The van der Waals surface area contributed by atoms with Gasteiger partial charge in [-0.25, -0.2) is 0 Å². The highest BCUT2D eigenvalue weighted by Gasteiger charge is 2.13. The van der Waals surface area contributed by atoms with Gasteiger partial charge in [-0.1, -0.05) is 64.3 Å². The Morgan fingerprint density at radius 2 is 1.24 bits per heavy atom. The Morgan fingerprint density at radius 1 is 0.840 bits per heavy atom. The van der Waals surface area contributed by atoms with Gasteiger partial charge >= 0.3 is 0 Å². The number of rotatable bonds is 10. The van der Waals surface area contributed by atoms with Crippen molar-refractivity contribution in [2.24, 2.45) is 0 Å². The molecule has 2 unspecified atom stereocenters. The largest absolute Gasteiger partial charge is 0.372 e. The van der Waals surface area contributed by atoms with Crippen molar-refractivity contribution in [2.75, 3.05) is 14.1 Å². The van der Waals surface area contributed by atoms with Crippen LogP contribution in [0, 0.1) is 0 Å². The molecule has 0 spiro atoms. The topological polar surface area (TPSA) is 6.48 Å². The molecule has 0 rings (SSSR count). The molecule has 0 saturated carbocycles. The molecule has 0 aliphatic carbocycles. The normalized spacial score (nSPS) is 12.6. The summed E-state index contributed by atoms with van der Waals surface area (Å²) in [4.78, 5) is 4.39. The number of allylic oxidation sites excluding steroid dienone is 3. The summed E-state index contributed by atoms with van der Waals surface area (Å²) in [7, 11) is 4.15. The van der Waals surface area contributed by atoms with E-state index in [0.29, 0.717) is 12.1 Å². The van der Waals surface area contributed by atoms with Gasteiger partial charge in [-0.15, -0.1) is 0 Å². The molecule has 0 aromatic heterocycles. The van der Waals surface area contributed by atoms with Crippen LogP contribution in [0.5, 0.6) is 0 Å². The maximum absolute atomic E-state index is 4.01. The van der Waals surface area contributed by atoms with Gasteiger partial charge in [0, 0.05) is 37.6 Å².